The van der Waals surface area contributed by atoms with Crippen LogP contribution < -0.4 is 10.6 Å². The van der Waals surface area contributed by atoms with Gasteiger partial charge in [-0.15, -0.1) is 0 Å². The zero-order valence-corrected chi connectivity index (χ0v) is 16.2. The fourth-order valence-electron chi connectivity index (χ4n) is 2.79. The van der Waals surface area contributed by atoms with Crippen LogP contribution in [-0.4, -0.2) is 15.9 Å². The molecule has 144 valence electrons. The first kappa shape index (κ1) is 19.5. The van der Waals surface area contributed by atoms with Gasteiger partial charge in [0.1, 0.15) is 11.5 Å². The minimum Gasteiger partial charge on any atom is -0.347 e. The normalized spacial score (nSPS) is 11.1. The van der Waals surface area contributed by atoms with Crippen LogP contribution in [0.3, 0.4) is 0 Å². The van der Waals surface area contributed by atoms with Crippen molar-refractivity contribution in [1.29, 1.82) is 0 Å². The molecule has 28 heavy (non-hydrogen) atoms. The summed E-state index contributed by atoms with van der Waals surface area (Å²) >= 11 is 0. The monoisotopic (exact) mass is 378 g/mol. The zero-order valence-electron chi connectivity index (χ0n) is 16.2. The smallest absolute Gasteiger partial charge is 0.270 e. The molecule has 1 amide bonds. The molecule has 3 aromatic rings. The number of carbonyl (C=O) groups excluding carboxylic acids is 1. The highest BCUT2D eigenvalue weighted by Gasteiger charge is 2.18. The minimum absolute atomic E-state index is 0.0479. The molecule has 0 aliphatic carbocycles. The topological polar surface area (TPSA) is 66.9 Å². The Hall–Kier alpha value is -3.28. The van der Waals surface area contributed by atoms with Gasteiger partial charge in [0, 0.05) is 18.4 Å². The lowest BCUT2D eigenvalue weighted by Crippen LogP contribution is -2.24. The van der Waals surface area contributed by atoms with Gasteiger partial charge in [0.05, 0.1) is 0 Å². The third kappa shape index (κ3) is 4.91. The van der Waals surface area contributed by atoms with Gasteiger partial charge in [-0.2, -0.15) is 0 Å². The van der Waals surface area contributed by atoms with E-state index in [1.807, 2.05) is 18.2 Å². The minimum atomic E-state index is -0.320. The molecule has 2 N–H and O–H groups in total. The third-order valence-electron chi connectivity index (χ3n) is 4.24. The summed E-state index contributed by atoms with van der Waals surface area (Å²) in [6.07, 6.45) is 1.54. The molecule has 0 spiro atoms. The standard InChI is InChI=1S/C22H23FN4O/c1-22(2,3)17-6-4-5-7-18(17)26-21-24-13-12-19(27-21)20(28)25-14-15-8-10-16(23)11-9-15/h4-13H,14H2,1-3H3,(H,25,28)(H,24,26,27). The molecule has 0 fully saturated rings. The second-order valence-corrected chi connectivity index (χ2v) is 7.50. The summed E-state index contributed by atoms with van der Waals surface area (Å²) < 4.78 is 13.0. The Balaban J connectivity index is 1.72. The predicted octanol–water partition coefficient (Wildman–Crippen LogP) is 4.59. The second-order valence-electron chi connectivity index (χ2n) is 7.50. The van der Waals surface area contributed by atoms with Crippen molar-refractivity contribution in [2.24, 2.45) is 0 Å². The highest BCUT2D eigenvalue weighted by molar-refractivity contribution is 5.92. The van der Waals surface area contributed by atoms with Gasteiger partial charge in [0.2, 0.25) is 5.95 Å². The lowest BCUT2D eigenvalue weighted by Gasteiger charge is -2.23. The first-order valence-electron chi connectivity index (χ1n) is 9.05. The highest BCUT2D eigenvalue weighted by atomic mass is 19.1. The maximum Gasteiger partial charge on any atom is 0.270 e. The van der Waals surface area contributed by atoms with E-state index >= 15 is 0 Å². The van der Waals surface area contributed by atoms with E-state index in [2.05, 4.69) is 47.4 Å². The van der Waals surface area contributed by atoms with Gasteiger partial charge in [-0.25, -0.2) is 14.4 Å². The summed E-state index contributed by atoms with van der Waals surface area (Å²) in [5, 5.41) is 5.99. The van der Waals surface area contributed by atoms with Crippen molar-refractivity contribution >= 4 is 17.5 Å². The van der Waals surface area contributed by atoms with Crippen LogP contribution in [0.2, 0.25) is 0 Å². The van der Waals surface area contributed by atoms with Crippen LogP contribution in [0.5, 0.6) is 0 Å². The molecule has 3 rings (SSSR count). The van der Waals surface area contributed by atoms with Crippen LogP contribution in [0.15, 0.2) is 60.8 Å². The Morgan fingerprint density at radius 1 is 1.04 bits per heavy atom. The number of hydrogen-bond donors (Lipinski definition) is 2. The van der Waals surface area contributed by atoms with Gasteiger partial charge in [-0.3, -0.25) is 4.79 Å². The van der Waals surface area contributed by atoms with Crippen molar-refractivity contribution in [3.63, 3.8) is 0 Å². The lowest BCUT2D eigenvalue weighted by atomic mass is 9.86. The van der Waals surface area contributed by atoms with Crippen LogP contribution in [0.4, 0.5) is 16.0 Å². The Labute approximate surface area is 164 Å². The largest absolute Gasteiger partial charge is 0.347 e. The molecule has 5 nitrogen and oxygen atoms in total. The van der Waals surface area contributed by atoms with E-state index in [4.69, 9.17) is 0 Å². The molecule has 0 aliphatic rings. The fraction of sp³-hybridized carbons (Fsp3) is 0.227. The Kier molecular flexibility index (Phi) is 5.68. The van der Waals surface area contributed by atoms with Gasteiger partial charge in [0.15, 0.2) is 0 Å². The molecular weight excluding hydrogens is 355 g/mol. The third-order valence-corrected chi connectivity index (χ3v) is 4.24. The van der Waals surface area contributed by atoms with Gasteiger partial charge in [-0.05, 0) is 40.8 Å². The Morgan fingerprint density at radius 2 is 1.75 bits per heavy atom. The molecule has 1 heterocycles. The molecular formula is C22H23FN4O. The van der Waals surface area contributed by atoms with E-state index in [9.17, 15) is 9.18 Å². The zero-order chi connectivity index (χ0) is 20.1. The van der Waals surface area contributed by atoms with E-state index in [0.29, 0.717) is 12.5 Å². The molecule has 0 atom stereocenters. The number of aromatic nitrogens is 2. The first-order chi connectivity index (χ1) is 13.3. The summed E-state index contributed by atoms with van der Waals surface area (Å²) in [4.78, 5) is 21.0. The van der Waals surface area contributed by atoms with Crippen molar-refractivity contribution in [2.45, 2.75) is 32.7 Å². The number of anilines is 2. The lowest BCUT2D eigenvalue weighted by molar-refractivity contribution is 0.0946. The number of halogens is 1. The molecule has 0 bridgehead atoms. The van der Waals surface area contributed by atoms with Crippen LogP contribution in [-0.2, 0) is 12.0 Å². The number of benzene rings is 2. The van der Waals surface area contributed by atoms with E-state index in [-0.39, 0.29) is 22.8 Å². The van der Waals surface area contributed by atoms with Crippen LogP contribution >= 0.6 is 0 Å². The molecule has 6 heteroatoms. The Bertz CT molecular complexity index is 965. The van der Waals surface area contributed by atoms with Crippen molar-refractivity contribution in [1.82, 2.24) is 15.3 Å². The molecule has 2 aromatic carbocycles. The summed E-state index contributed by atoms with van der Waals surface area (Å²) in [6.45, 7) is 6.69. The number of amides is 1. The fourth-order valence-corrected chi connectivity index (χ4v) is 2.79. The number of nitrogens with one attached hydrogen (secondary N) is 2. The number of carbonyl (C=O) groups is 1. The van der Waals surface area contributed by atoms with E-state index in [0.717, 1.165) is 16.8 Å². The first-order valence-corrected chi connectivity index (χ1v) is 9.05. The van der Waals surface area contributed by atoms with E-state index < -0.39 is 0 Å². The highest BCUT2D eigenvalue weighted by Crippen LogP contribution is 2.30. The molecule has 0 unspecified atom stereocenters. The Morgan fingerprint density at radius 3 is 2.46 bits per heavy atom. The maximum atomic E-state index is 13.0. The predicted molar refractivity (Wildman–Crippen MR) is 108 cm³/mol. The number of nitrogens with zero attached hydrogens (tertiary/aromatic N) is 2. The van der Waals surface area contributed by atoms with Crippen LogP contribution in [0, 0.1) is 5.82 Å². The second kappa shape index (κ2) is 8.17. The van der Waals surface area contributed by atoms with Crippen molar-refractivity contribution in [2.75, 3.05) is 5.32 Å². The van der Waals surface area contributed by atoms with Gasteiger partial charge < -0.3 is 10.6 Å². The summed E-state index contributed by atoms with van der Waals surface area (Å²) in [5.41, 5.74) is 3.05. The van der Waals surface area contributed by atoms with Gasteiger partial charge in [0.25, 0.3) is 5.91 Å². The molecule has 0 saturated carbocycles. The van der Waals surface area contributed by atoms with Crippen LogP contribution in [0.25, 0.3) is 0 Å². The van der Waals surface area contributed by atoms with Gasteiger partial charge in [-0.1, -0.05) is 51.1 Å². The summed E-state index contributed by atoms with van der Waals surface area (Å²) in [5.74, 6) is -0.276. The maximum absolute atomic E-state index is 13.0. The molecule has 1 aromatic heterocycles. The van der Waals surface area contributed by atoms with Gasteiger partial charge >= 0.3 is 0 Å². The molecule has 0 aliphatic heterocycles. The SMILES string of the molecule is CC(C)(C)c1ccccc1Nc1nccc(C(=O)NCc2ccc(F)cc2)n1. The number of rotatable bonds is 5. The average molecular weight is 378 g/mol. The van der Waals surface area contributed by atoms with E-state index in [1.54, 1.807) is 24.4 Å². The summed E-state index contributed by atoms with van der Waals surface area (Å²) in [6, 6.07) is 15.5. The van der Waals surface area contributed by atoms with E-state index in [1.165, 1.54) is 12.1 Å². The number of hydrogen-bond acceptors (Lipinski definition) is 4. The van der Waals surface area contributed by atoms with Crippen molar-refractivity contribution < 1.29 is 9.18 Å². The summed E-state index contributed by atoms with van der Waals surface area (Å²) in [7, 11) is 0. The average Bonchev–Trinajstić information content (AvgIpc) is 2.67. The quantitative estimate of drug-likeness (QED) is 0.682. The molecule has 0 saturated heterocycles. The van der Waals surface area contributed by atoms with Crippen LogP contribution in [0.1, 0.15) is 42.4 Å². The molecule has 0 radical (unpaired) electrons. The van der Waals surface area contributed by atoms with Crippen molar-refractivity contribution in [3.8, 4) is 0 Å². The van der Waals surface area contributed by atoms with Crippen molar-refractivity contribution in [3.05, 3.63) is 83.4 Å². The number of para-hydroxylation sites is 1.